The molecule has 1 unspecified atom stereocenters. The van der Waals surface area contributed by atoms with Crippen molar-refractivity contribution in [3.63, 3.8) is 0 Å². The van der Waals surface area contributed by atoms with Gasteiger partial charge in [0.05, 0.1) is 5.60 Å². The van der Waals surface area contributed by atoms with Crippen molar-refractivity contribution in [1.29, 1.82) is 0 Å². The summed E-state index contributed by atoms with van der Waals surface area (Å²) in [7, 11) is 0. The molecule has 1 N–H and O–H groups in total. The molecule has 1 atom stereocenters. The minimum absolute atomic E-state index is 0.593. The monoisotopic (exact) mass is 222 g/mol. The largest absolute Gasteiger partial charge is 0.385 e. The Morgan fingerprint density at radius 3 is 2.44 bits per heavy atom. The van der Waals surface area contributed by atoms with E-state index in [4.69, 9.17) is 0 Å². The number of rotatable bonds is 1. The highest BCUT2D eigenvalue weighted by Gasteiger charge is 2.20. The first kappa shape index (κ1) is 13.5. The van der Waals surface area contributed by atoms with Gasteiger partial charge in [-0.15, -0.1) is 0 Å². The van der Waals surface area contributed by atoms with E-state index in [-0.39, 0.29) is 0 Å². The molecule has 0 spiro atoms. The molecule has 1 aliphatic rings. The topological polar surface area (TPSA) is 20.2 Å². The Morgan fingerprint density at radius 1 is 1.00 bits per heavy atom. The molecule has 0 saturated heterocycles. The third-order valence-electron chi connectivity index (χ3n) is 3.35. The molecule has 1 nitrogen and oxygen atoms in total. The van der Waals surface area contributed by atoms with Gasteiger partial charge in [0.25, 0.3) is 0 Å². The molecule has 0 amide bonds. The molecule has 1 aliphatic carbocycles. The lowest BCUT2D eigenvalue weighted by molar-refractivity contribution is 0.0812. The Labute approximate surface area is 100 Å². The van der Waals surface area contributed by atoms with Crippen molar-refractivity contribution in [2.45, 2.75) is 70.3 Å². The molecular formula is C15H26O. The van der Waals surface area contributed by atoms with Crippen molar-refractivity contribution in [3.8, 4) is 0 Å². The average Bonchev–Trinajstić information content (AvgIpc) is 2.24. The van der Waals surface area contributed by atoms with E-state index in [1.807, 2.05) is 19.1 Å². The van der Waals surface area contributed by atoms with Gasteiger partial charge in [0.2, 0.25) is 0 Å². The van der Waals surface area contributed by atoms with Crippen LogP contribution < -0.4 is 0 Å². The van der Waals surface area contributed by atoms with Gasteiger partial charge in [0, 0.05) is 0 Å². The second kappa shape index (κ2) is 7.67. The fourth-order valence-corrected chi connectivity index (χ4v) is 2.37. The van der Waals surface area contributed by atoms with E-state index in [2.05, 4.69) is 12.2 Å². The Bertz CT molecular complexity index is 230. The zero-order valence-corrected chi connectivity index (χ0v) is 10.6. The molecule has 1 rings (SSSR count). The third kappa shape index (κ3) is 5.50. The lowest BCUT2D eigenvalue weighted by Crippen LogP contribution is -2.24. The lowest BCUT2D eigenvalue weighted by Gasteiger charge is -2.23. The predicted octanol–water partition coefficient (Wildman–Crippen LogP) is 4.37. The summed E-state index contributed by atoms with van der Waals surface area (Å²) in [5, 5.41) is 10.4. The molecule has 0 aromatic heterocycles. The normalized spacial score (nSPS) is 29.9. The van der Waals surface area contributed by atoms with Gasteiger partial charge in [0.1, 0.15) is 0 Å². The summed E-state index contributed by atoms with van der Waals surface area (Å²) in [6, 6.07) is 0. The van der Waals surface area contributed by atoms with Crippen molar-refractivity contribution in [1.82, 2.24) is 0 Å². The fourth-order valence-electron chi connectivity index (χ4n) is 2.37. The van der Waals surface area contributed by atoms with Crippen LogP contribution in [0.3, 0.4) is 0 Å². The molecule has 1 heteroatoms. The van der Waals surface area contributed by atoms with Gasteiger partial charge in [-0.2, -0.15) is 0 Å². The van der Waals surface area contributed by atoms with Crippen LogP contribution in [0, 0.1) is 0 Å². The lowest BCUT2D eigenvalue weighted by atomic mass is 9.91. The Hall–Kier alpha value is -0.560. The highest BCUT2D eigenvalue weighted by molar-refractivity contribution is 5.04. The van der Waals surface area contributed by atoms with E-state index in [0.29, 0.717) is 0 Å². The molecule has 0 heterocycles. The van der Waals surface area contributed by atoms with Crippen molar-refractivity contribution < 1.29 is 5.11 Å². The molecule has 0 aliphatic heterocycles. The van der Waals surface area contributed by atoms with Crippen LogP contribution in [0.1, 0.15) is 64.7 Å². The SMILES string of the molecule is C/C=C/C1(O)CC=CCCCCCCCC1. The summed E-state index contributed by atoms with van der Waals surface area (Å²) in [5.74, 6) is 0. The first-order valence-corrected chi connectivity index (χ1v) is 6.78. The number of hydrogen-bond donors (Lipinski definition) is 1. The minimum atomic E-state index is -0.593. The van der Waals surface area contributed by atoms with E-state index in [9.17, 15) is 5.11 Å². The van der Waals surface area contributed by atoms with Crippen LogP contribution in [0.5, 0.6) is 0 Å². The van der Waals surface area contributed by atoms with Crippen LogP contribution in [-0.2, 0) is 0 Å². The van der Waals surface area contributed by atoms with Gasteiger partial charge >= 0.3 is 0 Å². The summed E-state index contributed by atoms with van der Waals surface area (Å²) < 4.78 is 0. The molecule has 16 heavy (non-hydrogen) atoms. The van der Waals surface area contributed by atoms with Crippen LogP contribution >= 0.6 is 0 Å². The van der Waals surface area contributed by atoms with Crippen LogP contribution in [0.15, 0.2) is 24.3 Å². The van der Waals surface area contributed by atoms with Gasteiger partial charge in [-0.1, -0.05) is 56.4 Å². The van der Waals surface area contributed by atoms with Crippen molar-refractivity contribution in [3.05, 3.63) is 24.3 Å². The van der Waals surface area contributed by atoms with Gasteiger partial charge in [-0.05, 0) is 32.6 Å². The Kier molecular flexibility index (Phi) is 6.47. The summed E-state index contributed by atoms with van der Waals surface area (Å²) in [6.45, 7) is 1.98. The molecule has 0 aromatic carbocycles. The minimum Gasteiger partial charge on any atom is -0.385 e. The van der Waals surface area contributed by atoms with E-state index in [0.717, 1.165) is 19.3 Å². The maximum absolute atomic E-state index is 10.4. The predicted molar refractivity (Wildman–Crippen MR) is 70.5 cm³/mol. The Balaban J connectivity index is 2.52. The van der Waals surface area contributed by atoms with Crippen molar-refractivity contribution in [2.24, 2.45) is 0 Å². The summed E-state index contributed by atoms with van der Waals surface area (Å²) in [5.41, 5.74) is -0.593. The van der Waals surface area contributed by atoms with E-state index < -0.39 is 5.60 Å². The fraction of sp³-hybridized carbons (Fsp3) is 0.733. The first-order chi connectivity index (χ1) is 7.77. The molecule has 92 valence electrons. The molecular weight excluding hydrogens is 196 g/mol. The summed E-state index contributed by atoms with van der Waals surface area (Å²) in [4.78, 5) is 0. The second-order valence-corrected chi connectivity index (χ2v) is 4.94. The van der Waals surface area contributed by atoms with Crippen molar-refractivity contribution in [2.75, 3.05) is 0 Å². The van der Waals surface area contributed by atoms with E-state index in [1.165, 1.54) is 38.5 Å². The van der Waals surface area contributed by atoms with Gasteiger partial charge in [-0.25, -0.2) is 0 Å². The quantitative estimate of drug-likeness (QED) is 0.653. The highest BCUT2D eigenvalue weighted by atomic mass is 16.3. The maximum Gasteiger partial charge on any atom is 0.0861 e. The van der Waals surface area contributed by atoms with Gasteiger partial charge in [-0.3, -0.25) is 0 Å². The molecule has 0 bridgehead atoms. The number of allylic oxidation sites excluding steroid dienone is 2. The van der Waals surface area contributed by atoms with E-state index in [1.54, 1.807) is 0 Å². The number of hydrogen-bond acceptors (Lipinski definition) is 1. The molecule has 0 saturated carbocycles. The van der Waals surface area contributed by atoms with Crippen LogP contribution in [-0.4, -0.2) is 10.7 Å². The highest BCUT2D eigenvalue weighted by Crippen LogP contribution is 2.23. The Morgan fingerprint density at radius 2 is 1.69 bits per heavy atom. The number of aliphatic hydroxyl groups is 1. The standard InChI is InChI=1S/C15H26O/c1-2-12-15(16)13-10-8-6-4-3-5-7-9-11-14-15/h2,8,10,12,16H,3-7,9,11,13-14H2,1H3/b10-8?,12-2+. The molecule has 0 aromatic rings. The van der Waals surface area contributed by atoms with Crippen LogP contribution in [0.4, 0.5) is 0 Å². The van der Waals surface area contributed by atoms with Gasteiger partial charge < -0.3 is 5.11 Å². The van der Waals surface area contributed by atoms with Crippen LogP contribution in [0.2, 0.25) is 0 Å². The summed E-state index contributed by atoms with van der Waals surface area (Å²) >= 11 is 0. The molecule has 0 fully saturated rings. The van der Waals surface area contributed by atoms with Crippen molar-refractivity contribution >= 4 is 0 Å². The molecule has 0 radical (unpaired) electrons. The third-order valence-corrected chi connectivity index (χ3v) is 3.35. The smallest absolute Gasteiger partial charge is 0.0861 e. The zero-order valence-electron chi connectivity index (χ0n) is 10.6. The maximum atomic E-state index is 10.4. The van der Waals surface area contributed by atoms with Gasteiger partial charge in [0.15, 0.2) is 0 Å². The second-order valence-electron chi connectivity index (χ2n) is 4.94. The zero-order chi connectivity index (χ0) is 11.7. The first-order valence-electron chi connectivity index (χ1n) is 6.78. The van der Waals surface area contributed by atoms with E-state index >= 15 is 0 Å². The van der Waals surface area contributed by atoms with Crippen LogP contribution in [0.25, 0.3) is 0 Å². The summed E-state index contributed by atoms with van der Waals surface area (Å²) in [6.07, 6.45) is 18.9. The average molecular weight is 222 g/mol.